The number of nitrogens with zero attached hydrogens (tertiary/aromatic N) is 2. The van der Waals surface area contributed by atoms with Gasteiger partial charge in [-0.3, -0.25) is 9.59 Å². The van der Waals surface area contributed by atoms with Crippen molar-refractivity contribution in [2.24, 2.45) is 11.0 Å². The van der Waals surface area contributed by atoms with Crippen molar-refractivity contribution in [3.63, 3.8) is 0 Å². The van der Waals surface area contributed by atoms with Gasteiger partial charge in [0, 0.05) is 5.92 Å². The number of rotatable bonds is 7. The number of hydrazone groups is 1. The van der Waals surface area contributed by atoms with Crippen LogP contribution in [0.3, 0.4) is 0 Å². The van der Waals surface area contributed by atoms with Crippen LogP contribution in [-0.2, 0) is 9.53 Å². The molecule has 1 aliphatic carbocycles. The van der Waals surface area contributed by atoms with E-state index < -0.39 is 30.0 Å². The molecule has 0 radical (unpaired) electrons. The standard InChI is InChI=1S/C34H30N2O7/c1-40-24-14-10-21(11-15-24)18-23-6-5-8-27-31(23)35-36(32(27)22-12-16-25(41-2)17-13-22)30(37)20-43-34(39)28-19-42-29-9-4-3-7-26(29)33(28)38/h3-4,7,9-19,27,32H,5-6,8,20H2,1-2H3/b23-18+/t27-,32+/m1/s1. The van der Waals surface area contributed by atoms with Crippen LogP contribution in [0.15, 0.2) is 98.9 Å². The molecule has 2 heterocycles. The molecule has 1 aliphatic heterocycles. The molecule has 6 rings (SSSR count). The van der Waals surface area contributed by atoms with Crippen LogP contribution in [0.25, 0.3) is 17.0 Å². The van der Waals surface area contributed by atoms with Crippen LogP contribution in [-0.4, -0.2) is 43.4 Å². The lowest BCUT2D eigenvalue weighted by Crippen LogP contribution is -2.34. The van der Waals surface area contributed by atoms with E-state index >= 15 is 0 Å². The smallest absolute Gasteiger partial charge is 0.345 e. The Balaban J connectivity index is 1.28. The molecule has 2 atom stereocenters. The van der Waals surface area contributed by atoms with Crippen LogP contribution in [0.2, 0.25) is 0 Å². The number of carbonyl (C=O) groups is 2. The molecule has 0 N–H and O–H groups in total. The highest BCUT2D eigenvalue weighted by atomic mass is 16.5. The summed E-state index contributed by atoms with van der Waals surface area (Å²) in [6.45, 7) is -0.585. The fourth-order valence-electron chi connectivity index (χ4n) is 5.73. The SMILES string of the molecule is COc1ccc(/C=C2\CCC[C@@H]3C2=NN(C(=O)COC(=O)c2coc4ccccc4c2=O)[C@H]3c2ccc(OC)cc2)cc1. The maximum atomic E-state index is 13.6. The molecule has 0 bridgehead atoms. The quantitative estimate of drug-likeness (QED) is 0.256. The number of hydrogen-bond donors (Lipinski definition) is 0. The fraction of sp³-hybridized carbons (Fsp3) is 0.235. The van der Waals surface area contributed by atoms with Crippen molar-refractivity contribution >= 4 is 34.6 Å². The van der Waals surface area contributed by atoms with Crippen LogP contribution in [0, 0.1) is 5.92 Å². The summed E-state index contributed by atoms with van der Waals surface area (Å²) in [4.78, 5) is 39.4. The number of hydrogen-bond acceptors (Lipinski definition) is 8. The average molecular weight is 579 g/mol. The Labute approximate surface area is 248 Å². The van der Waals surface area contributed by atoms with Gasteiger partial charge in [0.05, 0.1) is 31.4 Å². The van der Waals surface area contributed by atoms with Gasteiger partial charge in [-0.1, -0.05) is 36.4 Å². The highest BCUT2D eigenvalue weighted by Gasteiger charge is 2.44. The van der Waals surface area contributed by atoms with Gasteiger partial charge in [0.2, 0.25) is 5.43 Å². The Morgan fingerprint density at radius 3 is 2.40 bits per heavy atom. The average Bonchev–Trinajstić information content (AvgIpc) is 3.45. The van der Waals surface area contributed by atoms with E-state index in [1.54, 1.807) is 38.5 Å². The zero-order chi connectivity index (χ0) is 29.9. The third-order valence-corrected chi connectivity index (χ3v) is 7.90. The predicted octanol–water partition coefficient (Wildman–Crippen LogP) is 5.79. The predicted molar refractivity (Wildman–Crippen MR) is 161 cm³/mol. The van der Waals surface area contributed by atoms with E-state index in [1.807, 2.05) is 48.5 Å². The van der Waals surface area contributed by atoms with Gasteiger partial charge < -0.3 is 18.6 Å². The molecule has 0 unspecified atom stereocenters. The van der Waals surface area contributed by atoms with Gasteiger partial charge in [0.1, 0.15) is 28.9 Å². The Bertz CT molecular complexity index is 1790. The van der Waals surface area contributed by atoms with Crippen molar-refractivity contribution < 1.29 is 28.2 Å². The molecular weight excluding hydrogens is 548 g/mol. The van der Waals surface area contributed by atoms with Gasteiger partial charge in [0.15, 0.2) is 6.61 Å². The first kappa shape index (κ1) is 28.0. The van der Waals surface area contributed by atoms with E-state index in [0.29, 0.717) is 11.3 Å². The first-order valence-electron chi connectivity index (χ1n) is 14.0. The summed E-state index contributed by atoms with van der Waals surface area (Å²) in [6, 6.07) is 21.6. The minimum Gasteiger partial charge on any atom is -0.497 e. The van der Waals surface area contributed by atoms with E-state index in [9.17, 15) is 14.4 Å². The van der Waals surface area contributed by atoms with Crippen LogP contribution >= 0.6 is 0 Å². The molecule has 1 fully saturated rings. The number of para-hydroxylation sites is 1. The second-order valence-corrected chi connectivity index (χ2v) is 10.4. The second kappa shape index (κ2) is 12.0. The molecule has 218 valence electrons. The summed E-state index contributed by atoms with van der Waals surface area (Å²) in [5, 5.41) is 6.52. The number of ether oxygens (including phenoxy) is 3. The summed E-state index contributed by atoms with van der Waals surface area (Å²) >= 11 is 0. The molecule has 1 saturated carbocycles. The molecule has 3 aromatic carbocycles. The molecule has 2 aliphatic rings. The first-order valence-corrected chi connectivity index (χ1v) is 14.0. The minimum atomic E-state index is -0.932. The Morgan fingerprint density at radius 2 is 1.67 bits per heavy atom. The number of amides is 1. The summed E-state index contributed by atoms with van der Waals surface area (Å²) in [5.41, 5.74) is 3.37. The van der Waals surface area contributed by atoms with Crippen molar-refractivity contribution in [2.45, 2.75) is 25.3 Å². The lowest BCUT2D eigenvalue weighted by Gasteiger charge is -2.29. The number of allylic oxidation sites excluding steroid dienone is 1. The van der Waals surface area contributed by atoms with Crippen molar-refractivity contribution in [1.82, 2.24) is 5.01 Å². The second-order valence-electron chi connectivity index (χ2n) is 10.4. The zero-order valence-corrected chi connectivity index (χ0v) is 23.8. The van der Waals surface area contributed by atoms with E-state index in [0.717, 1.165) is 53.7 Å². The normalized spacial score (nSPS) is 18.7. The number of esters is 1. The summed E-state index contributed by atoms with van der Waals surface area (Å²) in [6.07, 6.45) is 5.77. The molecule has 0 spiro atoms. The van der Waals surface area contributed by atoms with Gasteiger partial charge in [-0.25, -0.2) is 9.80 Å². The topological polar surface area (TPSA) is 108 Å². The highest BCUT2D eigenvalue weighted by molar-refractivity contribution is 6.08. The van der Waals surface area contributed by atoms with E-state index in [-0.39, 0.29) is 16.9 Å². The van der Waals surface area contributed by atoms with E-state index in [2.05, 4.69) is 6.08 Å². The highest BCUT2D eigenvalue weighted by Crippen LogP contribution is 2.44. The van der Waals surface area contributed by atoms with Crippen molar-refractivity contribution in [2.75, 3.05) is 20.8 Å². The first-order chi connectivity index (χ1) is 21.0. The number of fused-ring (bicyclic) bond motifs is 2. The molecule has 9 nitrogen and oxygen atoms in total. The molecule has 0 saturated heterocycles. The molecule has 4 aromatic rings. The van der Waals surface area contributed by atoms with Gasteiger partial charge in [-0.15, -0.1) is 0 Å². The van der Waals surface area contributed by atoms with E-state index in [1.165, 1.54) is 5.01 Å². The van der Waals surface area contributed by atoms with Gasteiger partial charge in [-0.05, 0) is 78.4 Å². The van der Waals surface area contributed by atoms with Crippen molar-refractivity contribution in [3.8, 4) is 11.5 Å². The number of methoxy groups -OCH3 is 2. The molecule has 1 amide bonds. The molecule has 43 heavy (non-hydrogen) atoms. The molecular formula is C34H30N2O7. The molecule has 1 aromatic heterocycles. The fourth-order valence-corrected chi connectivity index (χ4v) is 5.73. The van der Waals surface area contributed by atoms with Crippen LogP contribution in [0.4, 0.5) is 0 Å². The summed E-state index contributed by atoms with van der Waals surface area (Å²) in [5.74, 6) is 0.00366. The monoisotopic (exact) mass is 578 g/mol. The lowest BCUT2D eigenvalue weighted by atomic mass is 9.77. The van der Waals surface area contributed by atoms with Crippen molar-refractivity contribution in [3.05, 3.63) is 112 Å². The Kier molecular flexibility index (Phi) is 7.79. The largest absolute Gasteiger partial charge is 0.497 e. The summed E-state index contributed by atoms with van der Waals surface area (Å²) in [7, 11) is 3.23. The van der Waals surface area contributed by atoms with Crippen molar-refractivity contribution in [1.29, 1.82) is 0 Å². The lowest BCUT2D eigenvalue weighted by molar-refractivity contribution is -0.137. The van der Waals surface area contributed by atoms with Gasteiger partial charge in [0.25, 0.3) is 5.91 Å². The minimum absolute atomic E-state index is 0.0428. The van der Waals surface area contributed by atoms with Gasteiger partial charge in [-0.2, -0.15) is 5.10 Å². The van der Waals surface area contributed by atoms with E-state index in [4.69, 9.17) is 23.7 Å². The number of carbonyl (C=O) groups excluding carboxylic acids is 2. The number of benzene rings is 3. The third-order valence-electron chi connectivity index (χ3n) is 7.90. The Morgan fingerprint density at radius 1 is 0.977 bits per heavy atom. The Hall–Kier alpha value is -5.18. The van der Waals surface area contributed by atoms with Gasteiger partial charge >= 0.3 is 5.97 Å². The van der Waals surface area contributed by atoms with Crippen LogP contribution in [0.5, 0.6) is 11.5 Å². The van der Waals surface area contributed by atoms with Crippen LogP contribution in [0.1, 0.15) is 46.8 Å². The van der Waals surface area contributed by atoms with Crippen LogP contribution < -0.4 is 14.9 Å². The molecule has 9 heteroatoms. The summed E-state index contributed by atoms with van der Waals surface area (Å²) < 4.78 is 21.4. The maximum absolute atomic E-state index is 13.6. The third kappa shape index (κ3) is 5.53. The maximum Gasteiger partial charge on any atom is 0.345 e. The zero-order valence-electron chi connectivity index (χ0n) is 23.8.